The van der Waals surface area contributed by atoms with Crippen LogP contribution in [0.2, 0.25) is 0 Å². The molecular weight excluding hydrogens is 462 g/mol. The van der Waals surface area contributed by atoms with Crippen LogP contribution in [-0.4, -0.2) is 69.1 Å². The highest BCUT2D eigenvalue weighted by molar-refractivity contribution is 7.89. The Hall–Kier alpha value is -2.66. The quantitative estimate of drug-likeness (QED) is 0.529. The Kier molecular flexibility index (Phi) is 6.24. The Labute approximate surface area is 197 Å². The number of methoxy groups -OCH3 is 1. The van der Waals surface area contributed by atoms with E-state index >= 15 is 0 Å². The van der Waals surface area contributed by atoms with Gasteiger partial charge in [-0.25, -0.2) is 13.4 Å². The molecule has 0 saturated carbocycles. The monoisotopic (exact) mass is 487 g/mol. The van der Waals surface area contributed by atoms with Gasteiger partial charge in [0.25, 0.3) is 0 Å². The number of aromatic nitrogens is 1. The van der Waals surface area contributed by atoms with E-state index in [0.717, 1.165) is 22.0 Å². The molecule has 0 spiro atoms. The van der Waals surface area contributed by atoms with Crippen LogP contribution in [0.4, 0.5) is 0 Å². The molecule has 8 nitrogen and oxygen atoms in total. The number of sulfonamides is 1. The highest BCUT2D eigenvalue weighted by Gasteiger charge is 2.30. The summed E-state index contributed by atoms with van der Waals surface area (Å²) >= 11 is 1.62. The number of thiazole rings is 1. The van der Waals surface area contributed by atoms with E-state index in [0.29, 0.717) is 57.4 Å². The molecule has 1 aromatic heterocycles. The molecule has 10 heteroatoms. The van der Waals surface area contributed by atoms with Crippen molar-refractivity contribution in [3.63, 3.8) is 0 Å². The first-order valence-electron chi connectivity index (χ1n) is 10.7. The van der Waals surface area contributed by atoms with E-state index in [4.69, 9.17) is 19.2 Å². The van der Waals surface area contributed by atoms with Gasteiger partial charge in [-0.2, -0.15) is 4.31 Å². The van der Waals surface area contributed by atoms with E-state index in [-0.39, 0.29) is 4.90 Å². The zero-order valence-electron chi connectivity index (χ0n) is 18.3. The number of hydrogen-bond donors (Lipinski definition) is 0. The van der Waals surface area contributed by atoms with E-state index in [9.17, 15) is 8.42 Å². The van der Waals surface area contributed by atoms with E-state index in [1.165, 1.54) is 0 Å². The minimum absolute atomic E-state index is 0.240. The number of ether oxygens (including phenoxy) is 3. The van der Waals surface area contributed by atoms with E-state index in [2.05, 4.69) is 10.3 Å². The van der Waals surface area contributed by atoms with Crippen molar-refractivity contribution in [3.05, 3.63) is 52.9 Å². The van der Waals surface area contributed by atoms with Gasteiger partial charge in [-0.3, -0.25) is 4.90 Å². The third kappa shape index (κ3) is 4.70. The molecule has 5 rings (SSSR count). The van der Waals surface area contributed by atoms with Gasteiger partial charge < -0.3 is 14.2 Å². The Morgan fingerprint density at radius 1 is 1.00 bits per heavy atom. The van der Waals surface area contributed by atoms with Crippen LogP contribution < -0.4 is 14.2 Å². The van der Waals surface area contributed by atoms with Gasteiger partial charge in [0.2, 0.25) is 10.0 Å². The molecule has 0 aliphatic carbocycles. The Morgan fingerprint density at radius 2 is 1.73 bits per heavy atom. The number of fused-ring (bicyclic) bond motifs is 1. The third-order valence-corrected chi connectivity index (χ3v) is 8.51. The zero-order chi connectivity index (χ0) is 22.8. The topological polar surface area (TPSA) is 81.2 Å². The molecule has 0 atom stereocenters. The number of benzene rings is 2. The maximum absolute atomic E-state index is 13.1. The molecule has 0 N–H and O–H groups in total. The number of piperazine rings is 1. The van der Waals surface area contributed by atoms with Crippen LogP contribution in [0, 0.1) is 0 Å². The lowest BCUT2D eigenvalue weighted by Crippen LogP contribution is -2.48. The van der Waals surface area contributed by atoms with E-state index < -0.39 is 10.0 Å². The fourth-order valence-electron chi connectivity index (χ4n) is 3.93. The molecule has 0 bridgehead atoms. The molecule has 1 fully saturated rings. The fraction of sp³-hybridized carbons (Fsp3) is 0.348. The lowest BCUT2D eigenvalue weighted by molar-refractivity contribution is 0.170. The van der Waals surface area contributed by atoms with E-state index in [1.54, 1.807) is 41.0 Å². The van der Waals surface area contributed by atoms with Gasteiger partial charge in [-0.1, -0.05) is 0 Å². The zero-order valence-corrected chi connectivity index (χ0v) is 19.9. The summed E-state index contributed by atoms with van der Waals surface area (Å²) < 4.78 is 44.1. The Balaban J connectivity index is 1.20. The van der Waals surface area contributed by atoms with Crippen molar-refractivity contribution in [2.24, 2.45) is 0 Å². The summed E-state index contributed by atoms with van der Waals surface area (Å²) in [4.78, 5) is 7.25. The summed E-state index contributed by atoms with van der Waals surface area (Å²) in [5.74, 6) is 1.89. The second-order valence-electron chi connectivity index (χ2n) is 7.84. The molecule has 0 unspecified atom stereocenters. The van der Waals surface area contributed by atoms with Crippen LogP contribution in [0.5, 0.6) is 17.2 Å². The predicted octanol–water partition coefficient (Wildman–Crippen LogP) is 3.10. The summed E-state index contributed by atoms with van der Waals surface area (Å²) in [6, 6.07) is 12.7. The smallest absolute Gasteiger partial charge is 0.243 e. The Bertz CT molecular complexity index is 1220. The van der Waals surface area contributed by atoms with Gasteiger partial charge in [0.1, 0.15) is 24.0 Å². The van der Waals surface area contributed by atoms with Gasteiger partial charge >= 0.3 is 0 Å². The Morgan fingerprint density at radius 3 is 2.45 bits per heavy atom. The van der Waals surface area contributed by atoms with Crippen molar-refractivity contribution in [2.45, 2.75) is 11.4 Å². The van der Waals surface area contributed by atoms with Gasteiger partial charge in [-0.05, 0) is 36.4 Å². The van der Waals surface area contributed by atoms with E-state index in [1.807, 2.05) is 24.3 Å². The molecule has 174 valence electrons. The summed E-state index contributed by atoms with van der Waals surface area (Å²) in [6.45, 7) is 3.79. The predicted molar refractivity (Wildman–Crippen MR) is 126 cm³/mol. The van der Waals surface area contributed by atoms with Crippen molar-refractivity contribution in [3.8, 4) is 28.5 Å². The first-order chi connectivity index (χ1) is 16.0. The van der Waals surface area contributed by atoms with Gasteiger partial charge in [0.05, 0.1) is 24.2 Å². The molecule has 3 heterocycles. The minimum Gasteiger partial charge on any atom is -0.497 e. The maximum Gasteiger partial charge on any atom is 0.243 e. The summed E-state index contributed by atoms with van der Waals surface area (Å²) in [5.41, 5.74) is 1.99. The highest BCUT2D eigenvalue weighted by atomic mass is 32.2. The number of rotatable bonds is 6. The van der Waals surface area contributed by atoms with Crippen LogP contribution in [0.3, 0.4) is 0 Å². The fourth-order valence-corrected chi connectivity index (χ4v) is 6.21. The van der Waals surface area contributed by atoms with Crippen molar-refractivity contribution in [1.82, 2.24) is 14.2 Å². The summed E-state index contributed by atoms with van der Waals surface area (Å²) in [6.07, 6.45) is 0. The first-order valence-corrected chi connectivity index (χ1v) is 13.1. The molecule has 2 aliphatic rings. The molecule has 2 aliphatic heterocycles. The SMILES string of the molecule is COc1ccc(-c2csc(CN3CCN(S(=O)(=O)c4ccc5c(c4)OCCO5)CC3)n2)cc1. The van der Waals surface area contributed by atoms with Gasteiger partial charge in [0, 0.05) is 43.2 Å². The second kappa shape index (κ2) is 9.30. The molecular formula is C23H25N3O5S2. The van der Waals surface area contributed by atoms with Gasteiger partial charge in [0.15, 0.2) is 11.5 Å². The molecule has 33 heavy (non-hydrogen) atoms. The average molecular weight is 488 g/mol. The molecule has 2 aromatic carbocycles. The van der Waals surface area contributed by atoms with Crippen LogP contribution in [-0.2, 0) is 16.6 Å². The third-order valence-electron chi connectivity index (χ3n) is 5.78. The second-order valence-corrected chi connectivity index (χ2v) is 10.7. The van der Waals surface area contributed by atoms with Crippen molar-refractivity contribution >= 4 is 21.4 Å². The average Bonchev–Trinajstić information content (AvgIpc) is 3.32. The van der Waals surface area contributed by atoms with Gasteiger partial charge in [-0.15, -0.1) is 11.3 Å². The highest BCUT2D eigenvalue weighted by Crippen LogP contribution is 2.33. The molecule has 0 amide bonds. The summed E-state index contributed by atoms with van der Waals surface area (Å²) in [5, 5.41) is 3.07. The largest absolute Gasteiger partial charge is 0.497 e. The van der Waals surface area contributed by atoms with Crippen molar-refractivity contribution in [1.29, 1.82) is 0 Å². The minimum atomic E-state index is -3.58. The van der Waals surface area contributed by atoms with Crippen LogP contribution in [0.15, 0.2) is 52.7 Å². The standard InChI is InChI=1S/C23H25N3O5S2/c1-29-18-4-2-17(3-5-18)20-16-32-23(24-20)15-25-8-10-26(11-9-25)33(27,28)19-6-7-21-22(14-19)31-13-12-30-21/h2-7,14,16H,8-13,15H2,1H3. The van der Waals surface area contributed by atoms with Crippen LogP contribution in [0.25, 0.3) is 11.3 Å². The molecule has 1 saturated heterocycles. The lowest BCUT2D eigenvalue weighted by atomic mass is 10.2. The van der Waals surface area contributed by atoms with Crippen LogP contribution >= 0.6 is 11.3 Å². The normalized spacial score (nSPS) is 17.1. The maximum atomic E-state index is 13.1. The molecule has 0 radical (unpaired) electrons. The lowest BCUT2D eigenvalue weighted by Gasteiger charge is -2.33. The number of hydrogen-bond acceptors (Lipinski definition) is 8. The first kappa shape index (κ1) is 22.1. The van der Waals surface area contributed by atoms with Crippen molar-refractivity contribution in [2.75, 3.05) is 46.5 Å². The number of nitrogens with zero attached hydrogens (tertiary/aromatic N) is 3. The van der Waals surface area contributed by atoms with Crippen LogP contribution in [0.1, 0.15) is 5.01 Å². The summed E-state index contributed by atoms with van der Waals surface area (Å²) in [7, 11) is -1.93. The van der Waals surface area contributed by atoms with Crippen molar-refractivity contribution < 1.29 is 22.6 Å². The molecule has 3 aromatic rings.